The number of fused-ring (bicyclic) bond motifs is 3. The molecule has 0 aliphatic carbocycles. The first kappa shape index (κ1) is 35.6. The zero-order chi connectivity index (χ0) is 39.3. The molecule has 9 rings (SSSR count). The number of hydrogen-bond acceptors (Lipinski definition) is 4. The van der Waals surface area contributed by atoms with Crippen LogP contribution >= 0.6 is 0 Å². The second-order valence-corrected chi connectivity index (χ2v) is 13.4. The SMILES string of the molecule is FC(F)(F)c1cc(-c2ccc3c(c2)c2ccccc2n3-c2ccc(-c3ccccn3)cc2-c2nc(-c3ccccc3)nc(-c3ccccc3)n2)cc(C(F)(F)F)c1. The largest absolute Gasteiger partial charge is 0.416 e. The maximum atomic E-state index is 13.9. The molecule has 0 bridgehead atoms. The van der Waals surface area contributed by atoms with Crippen molar-refractivity contribution < 1.29 is 26.3 Å². The normalized spacial score (nSPS) is 12.0. The van der Waals surface area contributed by atoms with E-state index < -0.39 is 23.5 Å². The molecule has 0 aliphatic rings. The van der Waals surface area contributed by atoms with Crippen LogP contribution in [0.2, 0.25) is 0 Å². The van der Waals surface area contributed by atoms with Crippen molar-refractivity contribution >= 4 is 21.8 Å². The maximum Gasteiger partial charge on any atom is 0.416 e. The predicted octanol–water partition coefficient (Wildman–Crippen LogP) is 12.7. The summed E-state index contributed by atoms with van der Waals surface area (Å²) in [4.78, 5) is 19.5. The smallest absolute Gasteiger partial charge is 0.309 e. The molecule has 0 fully saturated rings. The Morgan fingerprint density at radius 3 is 1.58 bits per heavy atom. The molecule has 0 N–H and O–H groups in total. The number of benzene rings is 6. The summed E-state index contributed by atoms with van der Waals surface area (Å²) in [7, 11) is 0. The molecule has 0 spiro atoms. The molecule has 0 aliphatic heterocycles. The minimum absolute atomic E-state index is 0.137. The van der Waals surface area contributed by atoms with Crippen LogP contribution in [0.1, 0.15) is 11.1 Å². The van der Waals surface area contributed by atoms with Crippen LogP contribution in [0.15, 0.2) is 164 Å². The highest BCUT2D eigenvalue weighted by Crippen LogP contribution is 2.42. The Kier molecular flexibility index (Phi) is 8.65. The van der Waals surface area contributed by atoms with Gasteiger partial charge in [0, 0.05) is 39.2 Å². The highest BCUT2D eigenvalue weighted by Gasteiger charge is 2.37. The van der Waals surface area contributed by atoms with Gasteiger partial charge < -0.3 is 4.57 Å². The third-order valence-electron chi connectivity index (χ3n) is 9.73. The third-order valence-corrected chi connectivity index (χ3v) is 9.73. The highest BCUT2D eigenvalue weighted by molar-refractivity contribution is 6.11. The van der Waals surface area contributed by atoms with Gasteiger partial charge in [0.25, 0.3) is 0 Å². The number of halogens is 6. The molecular weight excluding hydrogens is 737 g/mol. The van der Waals surface area contributed by atoms with Crippen LogP contribution in [0.5, 0.6) is 0 Å². The number of para-hydroxylation sites is 1. The average Bonchev–Trinajstić information content (AvgIpc) is 3.57. The molecule has 0 atom stereocenters. The van der Waals surface area contributed by atoms with Crippen molar-refractivity contribution in [1.82, 2.24) is 24.5 Å². The molecule has 57 heavy (non-hydrogen) atoms. The van der Waals surface area contributed by atoms with E-state index in [9.17, 15) is 26.3 Å². The summed E-state index contributed by atoms with van der Waals surface area (Å²) in [6, 6.07) is 44.6. The van der Waals surface area contributed by atoms with Crippen LogP contribution < -0.4 is 0 Å². The molecule has 3 heterocycles. The van der Waals surface area contributed by atoms with Crippen molar-refractivity contribution in [3.8, 4) is 62.2 Å². The van der Waals surface area contributed by atoms with E-state index in [0.717, 1.165) is 45.4 Å². The van der Waals surface area contributed by atoms with Gasteiger partial charge in [-0.15, -0.1) is 0 Å². The van der Waals surface area contributed by atoms with Crippen LogP contribution in [-0.2, 0) is 12.4 Å². The van der Waals surface area contributed by atoms with Crippen molar-refractivity contribution in [2.75, 3.05) is 0 Å². The van der Waals surface area contributed by atoms with E-state index in [-0.39, 0.29) is 17.2 Å². The quantitative estimate of drug-likeness (QED) is 0.158. The molecule has 6 aromatic carbocycles. The van der Waals surface area contributed by atoms with E-state index in [1.54, 1.807) is 24.4 Å². The third kappa shape index (κ3) is 6.77. The highest BCUT2D eigenvalue weighted by atomic mass is 19.4. The summed E-state index contributed by atoms with van der Waals surface area (Å²) < 4.78 is 85.2. The van der Waals surface area contributed by atoms with Gasteiger partial charge in [-0.2, -0.15) is 26.3 Å². The Morgan fingerprint density at radius 2 is 0.965 bits per heavy atom. The first-order chi connectivity index (χ1) is 27.5. The number of pyridine rings is 1. The van der Waals surface area contributed by atoms with E-state index in [2.05, 4.69) is 4.98 Å². The Hall–Kier alpha value is -7.14. The molecule has 0 saturated heterocycles. The first-order valence-corrected chi connectivity index (χ1v) is 17.8. The van der Waals surface area contributed by atoms with Gasteiger partial charge in [0.15, 0.2) is 17.5 Å². The fourth-order valence-electron chi connectivity index (χ4n) is 7.07. The molecule has 278 valence electrons. The fourth-order valence-corrected chi connectivity index (χ4v) is 7.07. The predicted molar refractivity (Wildman–Crippen MR) is 209 cm³/mol. The summed E-state index contributed by atoms with van der Waals surface area (Å²) in [5.41, 5.74) is 3.04. The number of hydrogen-bond donors (Lipinski definition) is 0. The molecule has 0 unspecified atom stereocenters. The monoisotopic (exact) mass is 763 g/mol. The van der Waals surface area contributed by atoms with Gasteiger partial charge in [-0.1, -0.05) is 97.1 Å². The van der Waals surface area contributed by atoms with E-state index in [1.165, 1.54) is 0 Å². The Morgan fingerprint density at radius 1 is 0.404 bits per heavy atom. The standard InChI is InChI=1S/C46H27F6N5/c47-45(48,49)33-23-32(24-34(27-33)46(50,51)52)30-18-20-40-36(25-30)35-15-7-8-17-39(35)57(40)41-21-19-31(38-16-9-10-22-53-38)26-37(41)44-55-42(28-11-3-1-4-12-28)54-43(56-44)29-13-5-2-6-14-29/h1-27H. The van der Waals surface area contributed by atoms with Gasteiger partial charge in [-0.05, 0) is 71.8 Å². The van der Waals surface area contributed by atoms with Crippen molar-refractivity contribution in [3.63, 3.8) is 0 Å². The zero-order valence-electron chi connectivity index (χ0n) is 29.6. The molecular formula is C46H27F6N5. The van der Waals surface area contributed by atoms with Gasteiger partial charge in [0.05, 0.1) is 33.5 Å². The number of alkyl halides is 6. The fraction of sp³-hybridized carbons (Fsp3) is 0.0435. The Balaban J connectivity index is 1.31. The van der Waals surface area contributed by atoms with Gasteiger partial charge in [-0.25, -0.2) is 15.0 Å². The zero-order valence-corrected chi connectivity index (χ0v) is 29.6. The van der Waals surface area contributed by atoms with Crippen molar-refractivity contribution in [3.05, 3.63) is 175 Å². The molecule has 0 saturated carbocycles. The van der Waals surface area contributed by atoms with Crippen LogP contribution in [-0.4, -0.2) is 24.5 Å². The summed E-state index contributed by atoms with van der Waals surface area (Å²) >= 11 is 0. The summed E-state index contributed by atoms with van der Waals surface area (Å²) in [6.07, 6.45) is -8.26. The molecule has 0 amide bonds. The molecule has 9 aromatic rings. The Labute approximate surface area is 321 Å². The average molecular weight is 764 g/mol. The number of rotatable bonds is 6. The van der Waals surface area contributed by atoms with E-state index in [0.29, 0.717) is 39.6 Å². The lowest BCUT2D eigenvalue weighted by Crippen LogP contribution is -2.11. The van der Waals surface area contributed by atoms with Gasteiger partial charge >= 0.3 is 12.4 Å². The number of aromatic nitrogens is 5. The molecule has 3 aromatic heterocycles. The van der Waals surface area contributed by atoms with Crippen molar-refractivity contribution in [2.24, 2.45) is 0 Å². The van der Waals surface area contributed by atoms with Crippen LogP contribution in [0.25, 0.3) is 84.0 Å². The maximum absolute atomic E-state index is 13.9. The minimum atomic E-state index is -4.98. The van der Waals surface area contributed by atoms with Crippen LogP contribution in [0, 0.1) is 0 Å². The van der Waals surface area contributed by atoms with Gasteiger partial charge in [-0.3, -0.25) is 4.98 Å². The second-order valence-electron chi connectivity index (χ2n) is 13.4. The van der Waals surface area contributed by atoms with Crippen LogP contribution in [0.4, 0.5) is 26.3 Å². The van der Waals surface area contributed by atoms with Crippen molar-refractivity contribution in [1.29, 1.82) is 0 Å². The number of nitrogens with zero attached hydrogens (tertiary/aromatic N) is 5. The molecule has 5 nitrogen and oxygen atoms in total. The van der Waals surface area contributed by atoms with Gasteiger partial charge in [0.1, 0.15) is 0 Å². The summed E-state index contributed by atoms with van der Waals surface area (Å²) in [6.45, 7) is 0. The first-order valence-electron chi connectivity index (χ1n) is 17.8. The minimum Gasteiger partial charge on any atom is -0.309 e. The summed E-state index contributed by atoms with van der Waals surface area (Å²) in [5.74, 6) is 1.29. The molecule has 0 radical (unpaired) electrons. The van der Waals surface area contributed by atoms with E-state index >= 15 is 0 Å². The van der Waals surface area contributed by atoms with Crippen molar-refractivity contribution in [2.45, 2.75) is 12.4 Å². The topological polar surface area (TPSA) is 56.5 Å². The summed E-state index contributed by atoms with van der Waals surface area (Å²) in [5, 5.41) is 1.36. The van der Waals surface area contributed by atoms with E-state index in [4.69, 9.17) is 15.0 Å². The lowest BCUT2D eigenvalue weighted by atomic mass is 9.97. The van der Waals surface area contributed by atoms with Gasteiger partial charge in [0.2, 0.25) is 0 Å². The van der Waals surface area contributed by atoms with Crippen LogP contribution in [0.3, 0.4) is 0 Å². The lowest BCUT2D eigenvalue weighted by molar-refractivity contribution is -0.143. The molecule has 11 heteroatoms. The van der Waals surface area contributed by atoms with E-state index in [1.807, 2.05) is 126 Å². The second kappa shape index (κ2) is 13.9. The Bertz CT molecular complexity index is 2830. The lowest BCUT2D eigenvalue weighted by Gasteiger charge is -2.16.